The van der Waals surface area contributed by atoms with Crippen molar-refractivity contribution in [2.75, 3.05) is 0 Å². The van der Waals surface area contributed by atoms with Gasteiger partial charge in [-0.05, 0) is 42.0 Å². The Balaban J connectivity index is 1.23. The van der Waals surface area contributed by atoms with Crippen molar-refractivity contribution in [3.8, 4) is 5.69 Å². The fraction of sp³-hybridized carbons (Fsp3) is 0.0256. The highest BCUT2D eigenvalue weighted by atomic mass is 32.1. The van der Waals surface area contributed by atoms with Crippen molar-refractivity contribution in [3.63, 3.8) is 0 Å². The summed E-state index contributed by atoms with van der Waals surface area (Å²) in [5.74, 6) is 1.54. The maximum absolute atomic E-state index is 5.12. The van der Waals surface area contributed by atoms with E-state index in [1.54, 1.807) is 0 Å². The lowest BCUT2D eigenvalue weighted by atomic mass is 10.1. The van der Waals surface area contributed by atoms with Crippen LogP contribution in [0.2, 0.25) is 0 Å². The minimum absolute atomic E-state index is 0.293. The molecule has 0 saturated carbocycles. The van der Waals surface area contributed by atoms with Gasteiger partial charge in [0.2, 0.25) is 0 Å². The van der Waals surface area contributed by atoms with Gasteiger partial charge in [-0.25, -0.2) is 9.98 Å². The molecule has 8 aromatic rings. The first kappa shape index (κ1) is 25.0. The number of para-hydroxylation sites is 1. The zero-order valence-electron chi connectivity index (χ0n) is 23.7. The number of thiophene rings is 1. The monoisotopic (exact) mass is 582 g/mol. The van der Waals surface area contributed by atoms with E-state index in [2.05, 4.69) is 119 Å². The Hall–Kier alpha value is -5.52. The van der Waals surface area contributed by atoms with Gasteiger partial charge in [-0.15, -0.1) is 11.3 Å². The van der Waals surface area contributed by atoms with Crippen molar-refractivity contribution in [3.05, 3.63) is 162 Å². The van der Waals surface area contributed by atoms with Gasteiger partial charge in [-0.3, -0.25) is 0 Å². The number of rotatable bonds is 4. The van der Waals surface area contributed by atoms with Crippen LogP contribution in [0.5, 0.6) is 0 Å². The molecule has 1 atom stereocenters. The SMILES string of the molecule is c1ccc(C2=NC(c3cccc(-n4c5ccccc5c5c6c(ccc54)sc4ccccc46)c3)NC(c3ccccc3)=N2)cc1. The molecule has 208 valence electrons. The lowest BCUT2D eigenvalue weighted by Crippen LogP contribution is -2.33. The molecule has 4 nitrogen and oxygen atoms in total. The summed E-state index contributed by atoms with van der Waals surface area (Å²) < 4.78 is 5.04. The predicted octanol–water partition coefficient (Wildman–Crippen LogP) is 9.65. The van der Waals surface area contributed by atoms with Crippen molar-refractivity contribution in [2.45, 2.75) is 6.17 Å². The molecule has 0 amide bonds. The quantitative estimate of drug-likeness (QED) is 0.221. The molecule has 1 unspecified atom stereocenters. The third kappa shape index (κ3) is 3.98. The second-order valence-corrected chi connectivity index (χ2v) is 12.2. The zero-order valence-corrected chi connectivity index (χ0v) is 24.5. The molecule has 6 aromatic carbocycles. The number of amidine groups is 2. The molecule has 5 heteroatoms. The Kier molecular flexibility index (Phi) is 5.71. The van der Waals surface area contributed by atoms with Crippen LogP contribution in [0.1, 0.15) is 22.9 Å². The first-order valence-corrected chi connectivity index (χ1v) is 15.6. The Morgan fingerprint density at radius 1 is 0.568 bits per heavy atom. The van der Waals surface area contributed by atoms with E-state index < -0.39 is 0 Å². The van der Waals surface area contributed by atoms with Crippen LogP contribution in [0.4, 0.5) is 0 Å². The summed E-state index contributed by atoms with van der Waals surface area (Å²) in [7, 11) is 0. The number of hydrogen-bond acceptors (Lipinski definition) is 4. The Morgan fingerprint density at radius 2 is 1.30 bits per heavy atom. The summed E-state index contributed by atoms with van der Waals surface area (Å²) >= 11 is 1.86. The third-order valence-electron chi connectivity index (χ3n) is 8.44. The summed E-state index contributed by atoms with van der Waals surface area (Å²) in [4.78, 5) is 10.1. The van der Waals surface area contributed by atoms with E-state index in [-0.39, 0.29) is 6.17 Å². The highest BCUT2D eigenvalue weighted by molar-refractivity contribution is 7.26. The van der Waals surface area contributed by atoms with E-state index in [1.807, 2.05) is 47.7 Å². The summed E-state index contributed by atoms with van der Waals surface area (Å²) in [6, 6.07) is 51.3. The van der Waals surface area contributed by atoms with Crippen molar-refractivity contribution in [1.29, 1.82) is 0 Å². The van der Waals surface area contributed by atoms with E-state index in [0.29, 0.717) is 0 Å². The van der Waals surface area contributed by atoms with Crippen LogP contribution in [0.3, 0.4) is 0 Å². The number of aliphatic imine (C=N–C) groups is 2. The van der Waals surface area contributed by atoms with Crippen LogP contribution in [0.15, 0.2) is 156 Å². The standard InChI is InChI=1S/C39H26N4S/c1-3-12-25(13-4-1)37-40-38(26-14-5-2-6-15-26)42-39(41-37)27-16-11-17-28(24-27)43-31-20-9-7-18-29(31)35-32(43)22-23-34-36(35)30-19-8-10-21-33(30)44-34/h1-24,39H,(H,40,41,42). The maximum Gasteiger partial charge on any atom is 0.159 e. The van der Waals surface area contributed by atoms with E-state index in [1.165, 1.54) is 42.0 Å². The first-order chi connectivity index (χ1) is 21.8. The number of fused-ring (bicyclic) bond motifs is 7. The molecular formula is C39H26N4S. The van der Waals surface area contributed by atoms with Crippen LogP contribution in [-0.2, 0) is 0 Å². The van der Waals surface area contributed by atoms with Crippen molar-refractivity contribution in [1.82, 2.24) is 9.88 Å². The van der Waals surface area contributed by atoms with Crippen molar-refractivity contribution >= 4 is 65.0 Å². The highest BCUT2D eigenvalue weighted by Gasteiger charge is 2.22. The van der Waals surface area contributed by atoms with Gasteiger partial charge in [-0.2, -0.15) is 0 Å². The molecule has 3 heterocycles. The molecule has 1 N–H and O–H groups in total. The van der Waals surface area contributed by atoms with Gasteiger partial charge in [0, 0.05) is 47.8 Å². The van der Waals surface area contributed by atoms with Crippen molar-refractivity contribution in [2.24, 2.45) is 9.98 Å². The number of aromatic nitrogens is 1. The van der Waals surface area contributed by atoms with E-state index in [4.69, 9.17) is 9.98 Å². The molecule has 1 aliphatic heterocycles. The Morgan fingerprint density at radius 3 is 2.14 bits per heavy atom. The van der Waals surface area contributed by atoms with Gasteiger partial charge >= 0.3 is 0 Å². The average molecular weight is 583 g/mol. The fourth-order valence-corrected chi connectivity index (χ4v) is 7.58. The molecule has 0 aliphatic carbocycles. The Bertz CT molecular complexity index is 2420. The molecule has 0 radical (unpaired) electrons. The van der Waals surface area contributed by atoms with Crippen LogP contribution >= 0.6 is 11.3 Å². The summed E-state index contributed by atoms with van der Waals surface area (Å²) in [6.07, 6.45) is -0.293. The smallest absolute Gasteiger partial charge is 0.159 e. The fourth-order valence-electron chi connectivity index (χ4n) is 6.47. The lowest BCUT2D eigenvalue weighted by molar-refractivity contribution is 0.674. The summed E-state index contributed by atoms with van der Waals surface area (Å²) in [5, 5.41) is 8.85. The minimum atomic E-state index is -0.293. The molecular weight excluding hydrogens is 557 g/mol. The van der Waals surface area contributed by atoms with Gasteiger partial charge < -0.3 is 9.88 Å². The summed E-state index contributed by atoms with van der Waals surface area (Å²) in [6.45, 7) is 0. The highest BCUT2D eigenvalue weighted by Crippen LogP contribution is 2.43. The number of benzene rings is 6. The van der Waals surface area contributed by atoms with Crippen LogP contribution in [0.25, 0.3) is 47.7 Å². The van der Waals surface area contributed by atoms with Crippen LogP contribution in [-0.4, -0.2) is 16.2 Å². The summed E-state index contributed by atoms with van der Waals surface area (Å²) in [5.41, 5.74) is 6.61. The Labute approximate surface area is 258 Å². The van der Waals surface area contributed by atoms with Gasteiger partial charge in [0.05, 0.1) is 11.0 Å². The maximum atomic E-state index is 5.12. The second kappa shape index (κ2) is 10.0. The predicted molar refractivity (Wildman–Crippen MR) is 186 cm³/mol. The molecule has 1 aliphatic rings. The zero-order chi connectivity index (χ0) is 29.0. The van der Waals surface area contributed by atoms with Gasteiger partial charge in [-0.1, -0.05) is 109 Å². The molecule has 44 heavy (non-hydrogen) atoms. The minimum Gasteiger partial charge on any atom is -0.344 e. The molecule has 2 aromatic heterocycles. The molecule has 0 spiro atoms. The largest absolute Gasteiger partial charge is 0.344 e. The van der Waals surface area contributed by atoms with E-state index in [0.717, 1.165) is 34.0 Å². The molecule has 0 saturated heterocycles. The number of nitrogens with zero attached hydrogens (tertiary/aromatic N) is 3. The molecule has 9 rings (SSSR count). The topological polar surface area (TPSA) is 41.7 Å². The normalized spacial score (nSPS) is 15.0. The van der Waals surface area contributed by atoms with Crippen LogP contribution < -0.4 is 5.32 Å². The van der Waals surface area contributed by atoms with E-state index in [9.17, 15) is 0 Å². The third-order valence-corrected chi connectivity index (χ3v) is 9.58. The average Bonchev–Trinajstić information content (AvgIpc) is 3.64. The van der Waals surface area contributed by atoms with Gasteiger partial charge in [0.25, 0.3) is 0 Å². The number of nitrogens with one attached hydrogen (secondary N) is 1. The first-order valence-electron chi connectivity index (χ1n) is 14.8. The van der Waals surface area contributed by atoms with Crippen LogP contribution in [0, 0.1) is 0 Å². The molecule has 0 bridgehead atoms. The van der Waals surface area contributed by atoms with Gasteiger partial charge in [0.15, 0.2) is 5.84 Å². The van der Waals surface area contributed by atoms with E-state index >= 15 is 0 Å². The van der Waals surface area contributed by atoms with Gasteiger partial charge in [0.1, 0.15) is 12.0 Å². The number of hydrogen-bond donors (Lipinski definition) is 1. The molecule has 0 fully saturated rings. The lowest BCUT2D eigenvalue weighted by Gasteiger charge is -2.24. The van der Waals surface area contributed by atoms with Crippen molar-refractivity contribution < 1.29 is 0 Å². The second-order valence-electron chi connectivity index (χ2n) is 11.1.